The van der Waals surface area contributed by atoms with Crippen LogP contribution in [0.15, 0.2) is 29.8 Å². The number of likely N-dealkylation sites (N-methyl/N-ethyl adjacent to an activating group) is 1. The van der Waals surface area contributed by atoms with E-state index in [-0.39, 0.29) is 24.0 Å². The molecule has 1 atom stereocenters. The molecule has 1 saturated heterocycles. The lowest BCUT2D eigenvalue weighted by molar-refractivity contribution is -0.139. The molecule has 1 spiro atoms. The highest BCUT2D eigenvalue weighted by Gasteiger charge is 2.54. The minimum Gasteiger partial charge on any atom is -0.497 e. The van der Waals surface area contributed by atoms with Crippen LogP contribution < -0.4 is 4.74 Å². The van der Waals surface area contributed by atoms with E-state index in [1.165, 1.54) is 10.9 Å². The Kier molecular flexibility index (Phi) is 5.68. The Morgan fingerprint density at radius 2 is 2.12 bits per heavy atom. The smallest absolute Gasteiger partial charge is 0.237 e. The van der Waals surface area contributed by atoms with Crippen molar-refractivity contribution in [2.45, 2.75) is 18.0 Å². The predicted molar refractivity (Wildman–Crippen MR) is 129 cm³/mol. The van der Waals surface area contributed by atoms with Gasteiger partial charge in [0.05, 0.1) is 38.4 Å². The summed E-state index contributed by atoms with van der Waals surface area (Å²) in [5.41, 5.74) is 3.20. The van der Waals surface area contributed by atoms with Crippen molar-refractivity contribution in [2.75, 3.05) is 54.0 Å². The van der Waals surface area contributed by atoms with Crippen LogP contribution in [0.4, 0.5) is 0 Å². The number of aliphatic hydroxyl groups is 1. The first kappa shape index (κ1) is 22.3. The van der Waals surface area contributed by atoms with Gasteiger partial charge in [-0.05, 0) is 31.8 Å². The number of methoxy groups -OCH3 is 1. The van der Waals surface area contributed by atoms with Crippen LogP contribution in [0.3, 0.4) is 0 Å². The number of carbonyl (C=O) groups is 1. The maximum atomic E-state index is 13.3. The number of hydrogen-bond acceptors (Lipinski definition) is 7. The number of benzene rings is 1. The molecular formula is C24H31N5O3S. The minimum atomic E-state index is -0.366. The van der Waals surface area contributed by atoms with Crippen LogP contribution in [0.1, 0.15) is 22.3 Å². The second kappa shape index (κ2) is 8.39. The number of fused-ring (bicyclic) bond motifs is 4. The molecule has 2 aliphatic heterocycles. The standard InChI is InChI=1S/C24H31N5O3S/c1-26(2)11-21(31)29-15-24(13-28(14-24)10-20-25-7-8-33-20)22-17-6-5-16(32-4)9-18(17)27(3)23(22)19(29)12-30/h5-9,19,30H,10-15H2,1-4H3/t19-/m1/s1. The third-order valence-corrected chi connectivity index (χ3v) is 7.75. The second-order valence-electron chi connectivity index (χ2n) is 9.51. The highest BCUT2D eigenvalue weighted by Crippen LogP contribution is 2.49. The van der Waals surface area contributed by atoms with Gasteiger partial charge in [-0.1, -0.05) is 0 Å². The van der Waals surface area contributed by atoms with Crippen LogP contribution in [-0.4, -0.2) is 89.3 Å². The topological polar surface area (TPSA) is 74.1 Å². The Balaban J connectivity index is 1.60. The summed E-state index contributed by atoms with van der Waals surface area (Å²) in [7, 11) is 7.51. The van der Waals surface area contributed by atoms with Gasteiger partial charge in [-0.3, -0.25) is 9.69 Å². The molecule has 1 aromatic carbocycles. The zero-order chi connectivity index (χ0) is 23.3. The summed E-state index contributed by atoms with van der Waals surface area (Å²) in [6.45, 7) is 3.36. The van der Waals surface area contributed by atoms with Crippen LogP contribution in [0.2, 0.25) is 0 Å². The third kappa shape index (κ3) is 3.63. The van der Waals surface area contributed by atoms with Crippen molar-refractivity contribution in [1.82, 2.24) is 24.3 Å². The van der Waals surface area contributed by atoms with E-state index in [0.717, 1.165) is 41.6 Å². The Labute approximate surface area is 198 Å². The molecule has 0 saturated carbocycles. The van der Waals surface area contributed by atoms with Crippen molar-refractivity contribution in [3.05, 3.63) is 46.0 Å². The maximum Gasteiger partial charge on any atom is 0.237 e. The molecule has 0 bridgehead atoms. The SMILES string of the molecule is COc1ccc2c3c(n(C)c2c1)[C@@H](CO)N(C(=O)CN(C)C)CC31CN(Cc2nccs2)C1. The van der Waals surface area contributed by atoms with E-state index in [4.69, 9.17) is 4.74 Å². The van der Waals surface area contributed by atoms with Gasteiger partial charge in [0.1, 0.15) is 10.8 Å². The summed E-state index contributed by atoms with van der Waals surface area (Å²) in [5, 5.41) is 14.8. The first-order valence-corrected chi connectivity index (χ1v) is 12.1. The fraction of sp³-hybridized carbons (Fsp3) is 0.500. The second-order valence-corrected chi connectivity index (χ2v) is 10.5. The van der Waals surface area contributed by atoms with E-state index >= 15 is 0 Å². The molecule has 9 heteroatoms. The summed E-state index contributed by atoms with van der Waals surface area (Å²) >= 11 is 1.67. The van der Waals surface area contributed by atoms with Crippen molar-refractivity contribution in [3.8, 4) is 5.75 Å². The number of carbonyl (C=O) groups excluding carboxylic acids is 1. The molecule has 2 aromatic heterocycles. The monoisotopic (exact) mass is 469 g/mol. The molecule has 2 aliphatic rings. The van der Waals surface area contributed by atoms with Gasteiger partial charge in [-0.25, -0.2) is 4.98 Å². The number of nitrogens with zero attached hydrogens (tertiary/aromatic N) is 5. The zero-order valence-corrected chi connectivity index (χ0v) is 20.4. The highest BCUT2D eigenvalue weighted by atomic mass is 32.1. The molecular weight excluding hydrogens is 438 g/mol. The quantitative estimate of drug-likeness (QED) is 0.594. The molecule has 1 N–H and O–H groups in total. The fourth-order valence-corrected chi connectivity index (χ4v) is 6.34. The summed E-state index contributed by atoms with van der Waals surface area (Å²) in [6, 6.07) is 5.81. The summed E-state index contributed by atoms with van der Waals surface area (Å²) in [5.74, 6) is 0.847. The molecule has 0 unspecified atom stereocenters. The number of aliphatic hydroxyl groups excluding tert-OH is 1. The number of likely N-dealkylation sites (tertiary alicyclic amines) is 1. The van der Waals surface area contributed by atoms with Gasteiger partial charge in [0.25, 0.3) is 0 Å². The summed E-state index contributed by atoms with van der Waals surface area (Å²) in [6.07, 6.45) is 1.85. The van der Waals surface area contributed by atoms with E-state index in [1.54, 1.807) is 18.4 Å². The molecule has 3 aromatic rings. The molecule has 0 radical (unpaired) electrons. The molecule has 33 heavy (non-hydrogen) atoms. The van der Waals surface area contributed by atoms with Gasteiger partial charge in [0, 0.05) is 60.8 Å². The molecule has 5 rings (SSSR count). The van der Waals surface area contributed by atoms with Gasteiger partial charge in [0.15, 0.2) is 0 Å². The maximum absolute atomic E-state index is 13.3. The molecule has 0 aliphatic carbocycles. The van der Waals surface area contributed by atoms with Gasteiger partial charge < -0.3 is 24.2 Å². The zero-order valence-electron chi connectivity index (χ0n) is 19.6. The average Bonchev–Trinajstić information content (AvgIpc) is 3.38. The van der Waals surface area contributed by atoms with Crippen LogP contribution in [0, 0.1) is 0 Å². The molecule has 8 nitrogen and oxygen atoms in total. The van der Waals surface area contributed by atoms with Crippen molar-refractivity contribution >= 4 is 28.1 Å². The van der Waals surface area contributed by atoms with E-state index in [0.29, 0.717) is 13.1 Å². The van der Waals surface area contributed by atoms with Crippen LogP contribution in [-0.2, 0) is 23.8 Å². The largest absolute Gasteiger partial charge is 0.497 e. The van der Waals surface area contributed by atoms with Gasteiger partial charge >= 0.3 is 0 Å². The number of aromatic nitrogens is 2. The predicted octanol–water partition coefficient (Wildman–Crippen LogP) is 1.83. The molecule has 1 amide bonds. The lowest BCUT2D eigenvalue weighted by Crippen LogP contribution is -2.67. The highest BCUT2D eigenvalue weighted by molar-refractivity contribution is 7.09. The van der Waals surface area contributed by atoms with Crippen molar-refractivity contribution in [1.29, 1.82) is 0 Å². The number of amides is 1. The van der Waals surface area contributed by atoms with Crippen LogP contribution in [0.25, 0.3) is 10.9 Å². The molecule has 1 fully saturated rings. The van der Waals surface area contributed by atoms with Gasteiger partial charge in [-0.15, -0.1) is 11.3 Å². The number of rotatable bonds is 6. The summed E-state index contributed by atoms with van der Waals surface area (Å²) in [4.78, 5) is 23.9. The molecule has 4 heterocycles. The van der Waals surface area contributed by atoms with E-state index < -0.39 is 0 Å². The Morgan fingerprint density at radius 1 is 1.33 bits per heavy atom. The number of thiazole rings is 1. The van der Waals surface area contributed by atoms with Crippen molar-refractivity contribution in [3.63, 3.8) is 0 Å². The van der Waals surface area contributed by atoms with Crippen LogP contribution >= 0.6 is 11.3 Å². The van der Waals surface area contributed by atoms with E-state index in [1.807, 2.05) is 54.7 Å². The lowest BCUT2D eigenvalue weighted by atomic mass is 9.68. The first-order chi connectivity index (χ1) is 15.9. The normalized spacial score (nSPS) is 19.8. The third-order valence-electron chi connectivity index (χ3n) is 6.99. The minimum absolute atomic E-state index is 0.0466. The van der Waals surface area contributed by atoms with Crippen molar-refractivity contribution < 1.29 is 14.6 Å². The van der Waals surface area contributed by atoms with Crippen LogP contribution in [0.5, 0.6) is 5.75 Å². The molecule has 176 valence electrons. The lowest BCUT2D eigenvalue weighted by Gasteiger charge is -2.56. The fourth-order valence-electron chi connectivity index (χ4n) is 5.68. The Morgan fingerprint density at radius 3 is 2.76 bits per heavy atom. The first-order valence-electron chi connectivity index (χ1n) is 11.2. The summed E-state index contributed by atoms with van der Waals surface area (Å²) < 4.78 is 7.63. The van der Waals surface area contributed by atoms with Gasteiger partial charge in [-0.2, -0.15) is 0 Å². The Hall–Kier alpha value is -2.46. The van der Waals surface area contributed by atoms with Crippen molar-refractivity contribution in [2.24, 2.45) is 7.05 Å². The van der Waals surface area contributed by atoms with E-state index in [2.05, 4.69) is 20.5 Å². The number of hydrogen-bond donors (Lipinski definition) is 1. The average molecular weight is 470 g/mol. The number of aryl methyl sites for hydroxylation is 1. The van der Waals surface area contributed by atoms with E-state index in [9.17, 15) is 9.90 Å². The number of ether oxygens (including phenoxy) is 1. The Bertz CT molecular complexity index is 1170. The van der Waals surface area contributed by atoms with Gasteiger partial charge in [0.2, 0.25) is 5.91 Å².